The Kier molecular flexibility index (Phi) is 2.59. The minimum absolute atomic E-state index is 0.126. The summed E-state index contributed by atoms with van der Waals surface area (Å²) in [7, 11) is 0. The number of nitrogens with zero attached hydrogens (tertiary/aromatic N) is 1. The van der Waals surface area contributed by atoms with Gasteiger partial charge in [-0.3, -0.25) is 0 Å². The number of aromatic amines is 1. The van der Waals surface area contributed by atoms with Crippen LogP contribution in [-0.4, -0.2) is 23.1 Å². The van der Waals surface area contributed by atoms with E-state index in [1.807, 2.05) is 0 Å². The monoisotopic (exact) mass is 207 g/mol. The highest BCUT2D eigenvalue weighted by Gasteiger charge is 2.23. The quantitative estimate of drug-likeness (QED) is 0.776. The minimum atomic E-state index is 0.126. The van der Waals surface area contributed by atoms with E-state index >= 15 is 0 Å². The van der Waals surface area contributed by atoms with E-state index in [0.29, 0.717) is 0 Å². The Labute approximate surface area is 91.7 Å². The van der Waals surface area contributed by atoms with E-state index in [0.717, 1.165) is 31.3 Å². The second-order valence-electron chi connectivity index (χ2n) is 5.64. The molecule has 3 nitrogen and oxygen atoms in total. The molecule has 1 fully saturated rings. The van der Waals surface area contributed by atoms with Crippen molar-refractivity contribution < 1.29 is 0 Å². The highest BCUT2D eigenvalue weighted by atomic mass is 15.0. The first-order valence-electron chi connectivity index (χ1n) is 5.73. The normalized spacial score (nSPS) is 17.9. The zero-order valence-electron chi connectivity index (χ0n) is 10.1. The van der Waals surface area contributed by atoms with Crippen molar-refractivity contribution >= 4 is 0 Å². The number of hydrogen-bond donors (Lipinski definition) is 2. The molecule has 1 aliphatic rings. The number of nitrogens with one attached hydrogen (secondary N) is 2. The van der Waals surface area contributed by atoms with Gasteiger partial charge in [0.1, 0.15) is 5.82 Å². The fourth-order valence-electron chi connectivity index (χ4n) is 1.82. The van der Waals surface area contributed by atoms with E-state index in [2.05, 4.69) is 38.0 Å². The number of hydrogen-bond acceptors (Lipinski definition) is 2. The van der Waals surface area contributed by atoms with Crippen LogP contribution in [0.2, 0.25) is 0 Å². The van der Waals surface area contributed by atoms with Crippen LogP contribution in [0.5, 0.6) is 0 Å². The molecular formula is C12H21N3. The van der Waals surface area contributed by atoms with Gasteiger partial charge in [0.2, 0.25) is 0 Å². The van der Waals surface area contributed by atoms with E-state index in [-0.39, 0.29) is 5.41 Å². The molecule has 0 amide bonds. The van der Waals surface area contributed by atoms with Gasteiger partial charge < -0.3 is 10.3 Å². The van der Waals surface area contributed by atoms with Crippen molar-refractivity contribution in [2.45, 2.75) is 39.5 Å². The Balaban J connectivity index is 2.13. The number of aromatic nitrogens is 2. The molecule has 84 valence electrons. The van der Waals surface area contributed by atoms with E-state index < -0.39 is 0 Å². The SMILES string of the molecule is Cc1[nH]c(C(C)(C)C)nc1CC1CNC1. The first kappa shape index (κ1) is 10.7. The van der Waals surface area contributed by atoms with Crippen molar-refractivity contribution in [3.8, 4) is 0 Å². The highest BCUT2D eigenvalue weighted by Crippen LogP contribution is 2.22. The number of rotatable bonds is 2. The smallest absolute Gasteiger partial charge is 0.111 e. The van der Waals surface area contributed by atoms with Gasteiger partial charge in [0, 0.05) is 11.1 Å². The third kappa shape index (κ3) is 2.23. The molecule has 1 aromatic heterocycles. The Morgan fingerprint density at radius 3 is 2.40 bits per heavy atom. The first-order chi connectivity index (χ1) is 6.97. The van der Waals surface area contributed by atoms with Crippen molar-refractivity contribution in [3.05, 3.63) is 17.2 Å². The van der Waals surface area contributed by atoms with Crippen molar-refractivity contribution in [2.75, 3.05) is 13.1 Å². The molecule has 0 radical (unpaired) electrons. The van der Waals surface area contributed by atoms with Crippen LogP contribution < -0.4 is 5.32 Å². The zero-order valence-corrected chi connectivity index (χ0v) is 10.1. The molecule has 0 spiro atoms. The van der Waals surface area contributed by atoms with Gasteiger partial charge in [-0.05, 0) is 32.4 Å². The van der Waals surface area contributed by atoms with E-state index in [1.165, 1.54) is 11.4 Å². The Morgan fingerprint density at radius 1 is 1.33 bits per heavy atom. The van der Waals surface area contributed by atoms with Crippen LogP contribution in [0, 0.1) is 12.8 Å². The van der Waals surface area contributed by atoms with Crippen LogP contribution in [0.25, 0.3) is 0 Å². The predicted octanol–water partition coefficient (Wildman–Crippen LogP) is 1.78. The molecular weight excluding hydrogens is 186 g/mol. The summed E-state index contributed by atoms with van der Waals surface area (Å²) in [6.45, 7) is 11.0. The maximum atomic E-state index is 4.72. The second kappa shape index (κ2) is 3.63. The summed E-state index contributed by atoms with van der Waals surface area (Å²) in [4.78, 5) is 8.13. The number of H-pyrrole nitrogens is 1. The van der Waals surface area contributed by atoms with Crippen LogP contribution >= 0.6 is 0 Å². The van der Waals surface area contributed by atoms with Gasteiger partial charge in [-0.2, -0.15) is 0 Å². The molecule has 2 N–H and O–H groups in total. The van der Waals surface area contributed by atoms with Crippen LogP contribution in [0.15, 0.2) is 0 Å². The van der Waals surface area contributed by atoms with Crippen LogP contribution in [0.4, 0.5) is 0 Å². The van der Waals surface area contributed by atoms with Gasteiger partial charge in [0.05, 0.1) is 5.69 Å². The largest absolute Gasteiger partial charge is 0.345 e. The molecule has 0 unspecified atom stereocenters. The van der Waals surface area contributed by atoms with Crippen LogP contribution in [-0.2, 0) is 11.8 Å². The summed E-state index contributed by atoms with van der Waals surface area (Å²) in [5, 5.41) is 3.30. The van der Waals surface area contributed by atoms with Crippen molar-refractivity contribution in [2.24, 2.45) is 5.92 Å². The summed E-state index contributed by atoms with van der Waals surface area (Å²) in [5.74, 6) is 1.90. The lowest BCUT2D eigenvalue weighted by Gasteiger charge is -2.26. The van der Waals surface area contributed by atoms with E-state index in [4.69, 9.17) is 4.98 Å². The number of aryl methyl sites for hydroxylation is 1. The molecule has 1 aromatic rings. The average Bonchev–Trinajstić information content (AvgIpc) is 2.39. The summed E-state index contributed by atoms with van der Waals surface area (Å²) in [5.41, 5.74) is 2.62. The number of imidazole rings is 1. The summed E-state index contributed by atoms with van der Waals surface area (Å²) >= 11 is 0. The van der Waals surface area contributed by atoms with Gasteiger partial charge in [-0.25, -0.2) is 4.98 Å². The van der Waals surface area contributed by atoms with Crippen LogP contribution in [0.3, 0.4) is 0 Å². The zero-order chi connectivity index (χ0) is 11.1. The molecule has 1 saturated heterocycles. The average molecular weight is 207 g/mol. The van der Waals surface area contributed by atoms with Gasteiger partial charge in [0.15, 0.2) is 0 Å². The molecule has 0 bridgehead atoms. The first-order valence-corrected chi connectivity index (χ1v) is 5.73. The molecule has 1 aliphatic heterocycles. The van der Waals surface area contributed by atoms with E-state index in [1.54, 1.807) is 0 Å². The van der Waals surface area contributed by atoms with Crippen molar-refractivity contribution in [1.82, 2.24) is 15.3 Å². The molecule has 2 rings (SSSR count). The minimum Gasteiger partial charge on any atom is -0.345 e. The van der Waals surface area contributed by atoms with Crippen molar-refractivity contribution in [3.63, 3.8) is 0 Å². The standard InChI is InChI=1S/C12H21N3/c1-8-10(5-9-6-13-7-9)15-11(14-8)12(2,3)4/h9,13H,5-7H2,1-4H3,(H,14,15). The third-order valence-corrected chi connectivity index (χ3v) is 3.04. The van der Waals surface area contributed by atoms with Gasteiger partial charge in [0.25, 0.3) is 0 Å². The molecule has 2 heterocycles. The molecule has 0 atom stereocenters. The van der Waals surface area contributed by atoms with E-state index in [9.17, 15) is 0 Å². The van der Waals surface area contributed by atoms with Gasteiger partial charge in [-0.15, -0.1) is 0 Å². The summed E-state index contributed by atoms with van der Waals surface area (Å²) in [6, 6.07) is 0. The van der Waals surface area contributed by atoms with Crippen LogP contribution in [0.1, 0.15) is 38.0 Å². The lowest BCUT2D eigenvalue weighted by Crippen LogP contribution is -2.43. The van der Waals surface area contributed by atoms with Gasteiger partial charge in [-0.1, -0.05) is 20.8 Å². The predicted molar refractivity (Wildman–Crippen MR) is 62.1 cm³/mol. The molecule has 15 heavy (non-hydrogen) atoms. The Hall–Kier alpha value is -0.830. The van der Waals surface area contributed by atoms with Gasteiger partial charge >= 0.3 is 0 Å². The fraction of sp³-hybridized carbons (Fsp3) is 0.750. The lowest BCUT2D eigenvalue weighted by molar-refractivity contribution is 0.343. The highest BCUT2D eigenvalue weighted by molar-refractivity contribution is 5.18. The topological polar surface area (TPSA) is 40.7 Å². The lowest BCUT2D eigenvalue weighted by atomic mass is 9.96. The summed E-state index contributed by atoms with van der Waals surface area (Å²) < 4.78 is 0. The maximum Gasteiger partial charge on any atom is 0.111 e. The molecule has 0 aliphatic carbocycles. The molecule has 3 heteroatoms. The maximum absolute atomic E-state index is 4.72. The molecule has 0 saturated carbocycles. The van der Waals surface area contributed by atoms with Crippen molar-refractivity contribution in [1.29, 1.82) is 0 Å². The third-order valence-electron chi connectivity index (χ3n) is 3.04. The summed E-state index contributed by atoms with van der Waals surface area (Å²) in [6.07, 6.45) is 1.12. The second-order valence-corrected chi connectivity index (χ2v) is 5.64. The Morgan fingerprint density at radius 2 is 2.00 bits per heavy atom. The molecule has 0 aromatic carbocycles. The Bertz CT molecular complexity index is 342. The fourth-order valence-corrected chi connectivity index (χ4v) is 1.82.